The predicted molar refractivity (Wildman–Crippen MR) is 145 cm³/mol. The summed E-state index contributed by atoms with van der Waals surface area (Å²) in [6.07, 6.45) is 4.95. The van der Waals surface area contributed by atoms with Crippen molar-refractivity contribution in [1.82, 2.24) is 14.9 Å². The second-order valence-corrected chi connectivity index (χ2v) is 9.85. The highest BCUT2D eigenvalue weighted by Crippen LogP contribution is 2.34. The summed E-state index contributed by atoms with van der Waals surface area (Å²) in [6.45, 7) is 7.43. The lowest BCUT2D eigenvalue weighted by molar-refractivity contribution is -0.114. The van der Waals surface area contributed by atoms with E-state index in [1.165, 1.54) is 29.0 Å². The van der Waals surface area contributed by atoms with Crippen molar-refractivity contribution in [1.29, 1.82) is 0 Å². The molecule has 2 aromatic carbocycles. The van der Waals surface area contributed by atoms with Gasteiger partial charge < -0.3 is 19.4 Å². The second kappa shape index (κ2) is 10.7. The molecule has 7 nitrogen and oxygen atoms in total. The summed E-state index contributed by atoms with van der Waals surface area (Å²) < 4.78 is 6.18. The van der Waals surface area contributed by atoms with Crippen molar-refractivity contribution in [3.8, 4) is 6.01 Å². The zero-order valence-corrected chi connectivity index (χ0v) is 21.3. The molecule has 0 radical (unpaired) electrons. The zero-order valence-electron chi connectivity index (χ0n) is 21.3. The molecule has 1 atom stereocenters. The quantitative estimate of drug-likeness (QED) is 0.420. The molecule has 0 amide bonds. The van der Waals surface area contributed by atoms with Gasteiger partial charge in [0.25, 0.3) is 0 Å². The molecule has 0 aliphatic carbocycles. The SMILES string of the molecule is C=CC(=O)CCN(C)c1nc(OC[C@@H]2CCCN2C)nc2c1CCN(c1cccc3ccccc13)C2. The van der Waals surface area contributed by atoms with Crippen molar-refractivity contribution >= 4 is 28.1 Å². The maximum Gasteiger partial charge on any atom is 0.318 e. The summed E-state index contributed by atoms with van der Waals surface area (Å²) in [6, 6.07) is 15.8. The number of nitrogens with zero attached hydrogens (tertiary/aromatic N) is 5. The van der Waals surface area contributed by atoms with E-state index in [0.29, 0.717) is 38.2 Å². The molecule has 188 valence electrons. The monoisotopic (exact) mass is 485 g/mol. The summed E-state index contributed by atoms with van der Waals surface area (Å²) in [5.74, 6) is 0.900. The van der Waals surface area contributed by atoms with Crippen LogP contribution in [0.1, 0.15) is 30.5 Å². The third-order valence-electron chi connectivity index (χ3n) is 7.49. The average Bonchev–Trinajstić information content (AvgIpc) is 3.33. The van der Waals surface area contributed by atoms with Gasteiger partial charge in [0.1, 0.15) is 12.4 Å². The number of ketones is 1. The molecule has 0 unspecified atom stereocenters. The smallest absolute Gasteiger partial charge is 0.318 e. The number of ether oxygens (including phenoxy) is 1. The van der Waals surface area contributed by atoms with Crippen LogP contribution >= 0.6 is 0 Å². The first-order valence-electron chi connectivity index (χ1n) is 12.9. The molecule has 1 aromatic heterocycles. The Labute approximate surface area is 213 Å². The van der Waals surface area contributed by atoms with Gasteiger partial charge in [-0.1, -0.05) is 43.0 Å². The lowest BCUT2D eigenvalue weighted by Crippen LogP contribution is -2.34. The molecule has 0 bridgehead atoms. The number of benzene rings is 2. The van der Waals surface area contributed by atoms with Crippen molar-refractivity contribution in [3.05, 3.63) is 66.4 Å². The van der Waals surface area contributed by atoms with Crippen LogP contribution in [0.4, 0.5) is 11.5 Å². The number of likely N-dealkylation sites (N-methyl/N-ethyl adjacent to an activating group) is 1. The van der Waals surface area contributed by atoms with E-state index in [2.05, 4.69) is 70.8 Å². The highest BCUT2D eigenvalue weighted by molar-refractivity contribution is 5.94. The molecule has 36 heavy (non-hydrogen) atoms. The summed E-state index contributed by atoms with van der Waals surface area (Å²) in [5, 5.41) is 2.49. The summed E-state index contributed by atoms with van der Waals surface area (Å²) in [4.78, 5) is 28.4. The van der Waals surface area contributed by atoms with Gasteiger partial charge in [-0.05, 0) is 50.4 Å². The minimum atomic E-state index is 0.0349. The molecular formula is C29H35N5O2. The van der Waals surface area contributed by atoms with Crippen molar-refractivity contribution in [2.75, 3.05) is 50.1 Å². The molecule has 0 spiro atoms. The van der Waals surface area contributed by atoms with Gasteiger partial charge in [-0.3, -0.25) is 4.79 Å². The van der Waals surface area contributed by atoms with Gasteiger partial charge in [-0.2, -0.15) is 9.97 Å². The standard InChI is InChI=1S/C29H35N5O2/c1-4-23(35)14-17-33(3)28-25-15-18-34(27-13-7-10-21-9-5-6-12-24(21)27)19-26(25)30-29(31-28)36-20-22-11-8-16-32(22)2/h4-7,9-10,12-13,22H,1,8,11,14-20H2,2-3H3/t22-/m0/s1. The van der Waals surface area contributed by atoms with Crippen LogP contribution in [0, 0.1) is 0 Å². The number of carbonyl (C=O) groups is 1. The lowest BCUT2D eigenvalue weighted by atomic mass is 10.0. The Bertz CT molecular complexity index is 1250. The minimum absolute atomic E-state index is 0.0349. The highest BCUT2D eigenvalue weighted by atomic mass is 16.5. The van der Waals surface area contributed by atoms with Gasteiger partial charge in [0, 0.05) is 49.2 Å². The Morgan fingerprint density at radius 2 is 2.03 bits per heavy atom. The number of hydrogen-bond donors (Lipinski definition) is 0. The highest BCUT2D eigenvalue weighted by Gasteiger charge is 2.27. The van der Waals surface area contributed by atoms with E-state index in [4.69, 9.17) is 14.7 Å². The van der Waals surface area contributed by atoms with Crippen molar-refractivity contribution in [2.45, 2.75) is 38.3 Å². The van der Waals surface area contributed by atoms with Gasteiger partial charge in [-0.15, -0.1) is 0 Å². The normalized spacial score (nSPS) is 17.7. The maximum absolute atomic E-state index is 11.9. The Morgan fingerprint density at radius 1 is 1.19 bits per heavy atom. The van der Waals surface area contributed by atoms with E-state index < -0.39 is 0 Å². The zero-order chi connectivity index (χ0) is 25.1. The van der Waals surface area contributed by atoms with Gasteiger partial charge in [0.05, 0.1) is 12.2 Å². The number of fused-ring (bicyclic) bond motifs is 2. The predicted octanol–water partition coefficient (Wildman–Crippen LogP) is 4.25. The van der Waals surface area contributed by atoms with Crippen LogP contribution in [0.25, 0.3) is 10.8 Å². The molecule has 2 aliphatic heterocycles. The number of anilines is 2. The number of allylic oxidation sites excluding steroid dienone is 1. The Kier molecular flexibility index (Phi) is 7.18. The number of rotatable bonds is 9. The summed E-state index contributed by atoms with van der Waals surface area (Å²) >= 11 is 0. The van der Waals surface area contributed by atoms with Gasteiger partial charge in [-0.25, -0.2) is 0 Å². The fourth-order valence-electron chi connectivity index (χ4n) is 5.30. The molecule has 3 heterocycles. The Hall–Kier alpha value is -3.45. The van der Waals surface area contributed by atoms with Crippen molar-refractivity contribution < 1.29 is 9.53 Å². The summed E-state index contributed by atoms with van der Waals surface area (Å²) in [5.41, 5.74) is 3.36. The van der Waals surface area contributed by atoms with Crippen LogP contribution in [0.3, 0.4) is 0 Å². The Balaban J connectivity index is 1.44. The largest absolute Gasteiger partial charge is 0.462 e. The van der Waals surface area contributed by atoms with E-state index in [1.54, 1.807) is 0 Å². The molecule has 2 aliphatic rings. The van der Waals surface area contributed by atoms with E-state index in [-0.39, 0.29) is 5.78 Å². The molecule has 3 aromatic rings. The third kappa shape index (κ3) is 5.07. The lowest BCUT2D eigenvalue weighted by Gasteiger charge is -2.33. The maximum atomic E-state index is 11.9. The van der Waals surface area contributed by atoms with Gasteiger partial charge >= 0.3 is 6.01 Å². The second-order valence-electron chi connectivity index (χ2n) is 9.85. The molecule has 7 heteroatoms. The molecule has 5 rings (SSSR count). The van der Waals surface area contributed by atoms with E-state index in [9.17, 15) is 4.79 Å². The van der Waals surface area contributed by atoms with Crippen LogP contribution in [0.2, 0.25) is 0 Å². The topological polar surface area (TPSA) is 61.8 Å². The fourth-order valence-corrected chi connectivity index (χ4v) is 5.30. The number of aromatic nitrogens is 2. The average molecular weight is 486 g/mol. The fraction of sp³-hybridized carbons (Fsp3) is 0.414. The molecule has 0 N–H and O–H groups in total. The van der Waals surface area contributed by atoms with Crippen molar-refractivity contribution in [2.24, 2.45) is 0 Å². The number of carbonyl (C=O) groups excluding carboxylic acids is 1. The van der Waals surface area contributed by atoms with Crippen LogP contribution in [0.5, 0.6) is 6.01 Å². The first-order chi connectivity index (χ1) is 17.5. The van der Waals surface area contributed by atoms with Crippen molar-refractivity contribution in [3.63, 3.8) is 0 Å². The van der Waals surface area contributed by atoms with Gasteiger partial charge in [0.15, 0.2) is 5.78 Å². The van der Waals surface area contributed by atoms with Crippen LogP contribution in [-0.4, -0.2) is 67.0 Å². The van der Waals surface area contributed by atoms with E-state index in [0.717, 1.165) is 43.0 Å². The van der Waals surface area contributed by atoms with E-state index in [1.807, 2.05) is 7.05 Å². The first kappa shape index (κ1) is 24.3. The van der Waals surface area contributed by atoms with Crippen LogP contribution in [0.15, 0.2) is 55.1 Å². The van der Waals surface area contributed by atoms with Crippen LogP contribution in [-0.2, 0) is 17.8 Å². The molecular weight excluding hydrogens is 450 g/mol. The number of likely N-dealkylation sites (tertiary alicyclic amines) is 1. The first-order valence-corrected chi connectivity index (χ1v) is 12.9. The summed E-state index contributed by atoms with van der Waals surface area (Å²) in [7, 11) is 4.14. The van der Waals surface area contributed by atoms with E-state index >= 15 is 0 Å². The minimum Gasteiger partial charge on any atom is -0.462 e. The van der Waals surface area contributed by atoms with Gasteiger partial charge in [0.2, 0.25) is 0 Å². The molecule has 1 fully saturated rings. The Morgan fingerprint density at radius 3 is 2.83 bits per heavy atom. The molecule has 1 saturated heterocycles. The molecule has 0 saturated carbocycles. The number of hydrogen-bond acceptors (Lipinski definition) is 7. The van der Waals surface area contributed by atoms with Crippen LogP contribution < -0.4 is 14.5 Å². The third-order valence-corrected chi connectivity index (χ3v) is 7.49.